The van der Waals surface area contributed by atoms with Crippen molar-refractivity contribution in [2.75, 3.05) is 6.61 Å². The summed E-state index contributed by atoms with van der Waals surface area (Å²) in [6, 6.07) is 9.65. The summed E-state index contributed by atoms with van der Waals surface area (Å²) >= 11 is 9.27. The van der Waals surface area contributed by atoms with E-state index in [9.17, 15) is 9.50 Å². The van der Waals surface area contributed by atoms with E-state index in [2.05, 4.69) is 15.9 Å². The number of hydrogen-bond acceptors (Lipinski definition) is 2. The minimum Gasteiger partial charge on any atom is -0.493 e. The van der Waals surface area contributed by atoms with Crippen molar-refractivity contribution >= 4 is 27.5 Å². The Hall–Kier alpha value is -1.10. The predicted octanol–water partition coefficient (Wildman–Crippen LogP) is 4.72. The molecule has 0 aliphatic heterocycles. The van der Waals surface area contributed by atoms with E-state index in [0.29, 0.717) is 23.5 Å². The zero-order valence-electron chi connectivity index (χ0n) is 10.7. The number of rotatable bonds is 4. The van der Waals surface area contributed by atoms with Crippen LogP contribution in [0.1, 0.15) is 24.2 Å². The molecule has 1 unspecified atom stereocenters. The third kappa shape index (κ3) is 3.14. The van der Waals surface area contributed by atoms with E-state index in [-0.39, 0.29) is 5.02 Å². The normalized spacial score (nSPS) is 12.2. The predicted molar refractivity (Wildman–Crippen MR) is 80.8 cm³/mol. The van der Waals surface area contributed by atoms with Crippen LogP contribution in [-0.2, 0) is 0 Å². The number of aliphatic hydroxyl groups is 1. The third-order valence-electron chi connectivity index (χ3n) is 2.84. The van der Waals surface area contributed by atoms with Gasteiger partial charge in [0, 0.05) is 15.6 Å². The number of benzene rings is 2. The SMILES string of the molecule is CCOc1ccc(Br)cc1C(O)c1cccc(F)c1Cl. The van der Waals surface area contributed by atoms with Gasteiger partial charge < -0.3 is 9.84 Å². The van der Waals surface area contributed by atoms with Crippen LogP contribution < -0.4 is 4.74 Å². The van der Waals surface area contributed by atoms with Gasteiger partial charge in [-0.05, 0) is 31.2 Å². The van der Waals surface area contributed by atoms with Crippen LogP contribution >= 0.6 is 27.5 Å². The lowest BCUT2D eigenvalue weighted by Crippen LogP contribution is -2.05. The topological polar surface area (TPSA) is 29.5 Å². The Morgan fingerprint density at radius 3 is 2.75 bits per heavy atom. The molecule has 0 saturated heterocycles. The largest absolute Gasteiger partial charge is 0.493 e. The van der Waals surface area contributed by atoms with Crippen LogP contribution in [0.2, 0.25) is 5.02 Å². The van der Waals surface area contributed by atoms with Crippen LogP contribution in [0.5, 0.6) is 5.75 Å². The fourth-order valence-corrected chi connectivity index (χ4v) is 2.53. The maximum atomic E-state index is 13.5. The Balaban J connectivity index is 2.49. The Bertz CT molecular complexity index is 619. The van der Waals surface area contributed by atoms with Gasteiger partial charge in [0.15, 0.2) is 0 Å². The van der Waals surface area contributed by atoms with Crippen molar-refractivity contribution in [3.63, 3.8) is 0 Å². The summed E-state index contributed by atoms with van der Waals surface area (Å²) in [6.45, 7) is 2.33. The fraction of sp³-hybridized carbons (Fsp3) is 0.200. The molecule has 0 bridgehead atoms. The van der Waals surface area contributed by atoms with E-state index in [1.165, 1.54) is 12.1 Å². The van der Waals surface area contributed by atoms with Crippen LogP contribution in [0.25, 0.3) is 0 Å². The van der Waals surface area contributed by atoms with Crippen molar-refractivity contribution in [3.8, 4) is 5.75 Å². The van der Waals surface area contributed by atoms with Crippen molar-refractivity contribution in [3.05, 3.63) is 62.8 Å². The van der Waals surface area contributed by atoms with Gasteiger partial charge >= 0.3 is 0 Å². The number of hydrogen-bond donors (Lipinski definition) is 1. The van der Waals surface area contributed by atoms with Gasteiger partial charge in [-0.2, -0.15) is 0 Å². The summed E-state index contributed by atoms with van der Waals surface area (Å²) in [7, 11) is 0. The molecule has 0 saturated carbocycles. The molecule has 1 N–H and O–H groups in total. The van der Waals surface area contributed by atoms with Crippen molar-refractivity contribution in [1.82, 2.24) is 0 Å². The summed E-state index contributed by atoms with van der Waals surface area (Å²) in [5.74, 6) is -0.0142. The number of halogens is 3. The minimum absolute atomic E-state index is 0.0811. The highest BCUT2D eigenvalue weighted by Gasteiger charge is 2.20. The molecule has 0 fully saturated rings. The molecule has 2 nitrogen and oxygen atoms in total. The second kappa shape index (κ2) is 6.57. The molecule has 2 aromatic carbocycles. The van der Waals surface area contributed by atoms with E-state index in [1.807, 2.05) is 13.0 Å². The molecule has 0 radical (unpaired) electrons. The van der Waals surface area contributed by atoms with Gasteiger partial charge in [0.05, 0.1) is 11.6 Å². The molecule has 20 heavy (non-hydrogen) atoms. The molecule has 0 amide bonds. The third-order valence-corrected chi connectivity index (χ3v) is 3.73. The zero-order chi connectivity index (χ0) is 14.7. The van der Waals surface area contributed by atoms with E-state index in [1.54, 1.807) is 18.2 Å². The van der Waals surface area contributed by atoms with Gasteiger partial charge in [-0.1, -0.05) is 39.7 Å². The minimum atomic E-state index is -1.06. The monoisotopic (exact) mass is 358 g/mol. The van der Waals surface area contributed by atoms with Crippen molar-refractivity contribution in [2.24, 2.45) is 0 Å². The first-order valence-electron chi connectivity index (χ1n) is 6.08. The van der Waals surface area contributed by atoms with Gasteiger partial charge in [0.2, 0.25) is 0 Å². The lowest BCUT2D eigenvalue weighted by Gasteiger charge is -2.17. The molecule has 2 aromatic rings. The quantitative estimate of drug-likeness (QED) is 0.856. The van der Waals surface area contributed by atoms with Gasteiger partial charge in [0.25, 0.3) is 0 Å². The first-order valence-corrected chi connectivity index (χ1v) is 7.26. The highest BCUT2D eigenvalue weighted by atomic mass is 79.9. The molecule has 5 heteroatoms. The number of ether oxygens (including phenoxy) is 1. The van der Waals surface area contributed by atoms with Crippen LogP contribution in [-0.4, -0.2) is 11.7 Å². The van der Waals surface area contributed by atoms with Crippen LogP contribution in [0.4, 0.5) is 4.39 Å². The molecule has 106 valence electrons. The van der Waals surface area contributed by atoms with Crippen LogP contribution in [0, 0.1) is 5.82 Å². The van der Waals surface area contributed by atoms with Crippen LogP contribution in [0.15, 0.2) is 40.9 Å². The smallest absolute Gasteiger partial charge is 0.142 e. The summed E-state index contributed by atoms with van der Waals surface area (Å²) < 4.78 is 19.8. The average Bonchev–Trinajstić information content (AvgIpc) is 2.43. The highest BCUT2D eigenvalue weighted by molar-refractivity contribution is 9.10. The second-order valence-electron chi connectivity index (χ2n) is 4.16. The Morgan fingerprint density at radius 1 is 1.30 bits per heavy atom. The Morgan fingerprint density at radius 2 is 2.05 bits per heavy atom. The summed E-state index contributed by atoms with van der Waals surface area (Å²) in [5, 5.41) is 10.4. The Kier molecular flexibility index (Phi) is 5.02. The molecule has 1 atom stereocenters. The molecule has 0 spiro atoms. The van der Waals surface area contributed by atoms with Crippen LogP contribution in [0.3, 0.4) is 0 Å². The lowest BCUT2D eigenvalue weighted by molar-refractivity contribution is 0.211. The van der Waals surface area contributed by atoms with Crippen molar-refractivity contribution in [2.45, 2.75) is 13.0 Å². The number of aliphatic hydroxyl groups excluding tert-OH is 1. The maximum Gasteiger partial charge on any atom is 0.142 e. The summed E-state index contributed by atoms with van der Waals surface area (Å²) in [4.78, 5) is 0. The fourth-order valence-electron chi connectivity index (χ4n) is 1.92. The van der Waals surface area contributed by atoms with E-state index in [4.69, 9.17) is 16.3 Å². The van der Waals surface area contributed by atoms with Crippen molar-refractivity contribution in [1.29, 1.82) is 0 Å². The molecule has 0 heterocycles. The Labute approximate surface area is 130 Å². The first kappa shape index (κ1) is 15.3. The summed E-state index contributed by atoms with van der Waals surface area (Å²) in [5.41, 5.74) is 0.847. The standard InChI is InChI=1S/C15H13BrClFO2/c1-2-20-13-7-6-9(16)8-11(13)15(19)10-4-3-5-12(18)14(10)17/h3-8,15,19H,2H2,1H3. The van der Waals surface area contributed by atoms with Gasteiger partial charge in [-0.15, -0.1) is 0 Å². The molecule has 0 aromatic heterocycles. The molecular weight excluding hydrogens is 347 g/mol. The molecule has 0 aliphatic rings. The highest BCUT2D eigenvalue weighted by Crippen LogP contribution is 2.36. The molecule has 2 rings (SSSR count). The zero-order valence-corrected chi connectivity index (χ0v) is 13.1. The van der Waals surface area contributed by atoms with E-state index >= 15 is 0 Å². The maximum absolute atomic E-state index is 13.5. The second-order valence-corrected chi connectivity index (χ2v) is 5.45. The van der Waals surface area contributed by atoms with E-state index in [0.717, 1.165) is 4.47 Å². The average molecular weight is 360 g/mol. The van der Waals surface area contributed by atoms with Crippen molar-refractivity contribution < 1.29 is 14.2 Å². The van der Waals surface area contributed by atoms with Gasteiger partial charge in [0.1, 0.15) is 17.7 Å². The van der Waals surface area contributed by atoms with Gasteiger partial charge in [-0.25, -0.2) is 4.39 Å². The lowest BCUT2D eigenvalue weighted by atomic mass is 10.0. The molecule has 0 aliphatic carbocycles. The van der Waals surface area contributed by atoms with Gasteiger partial charge in [-0.3, -0.25) is 0 Å². The molecular formula is C15H13BrClFO2. The summed E-state index contributed by atoms with van der Waals surface area (Å²) in [6.07, 6.45) is -1.06. The first-order chi connectivity index (χ1) is 9.54. The van der Waals surface area contributed by atoms with E-state index < -0.39 is 11.9 Å².